The smallest absolute Gasteiger partial charge is 0.339 e. The van der Waals surface area contributed by atoms with E-state index in [1.54, 1.807) is 6.92 Å². The van der Waals surface area contributed by atoms with Crippen molar-refractivity contribution in [2.75, 3.05) is 14.2 Å². The Morgan fingerprint density at radius 2 is 1.78 bits per heavy atom. The molecule has 23 heavy (non-hydrogen) atoms. The molecule has 0 aliphatic heterocycles. The van der Waals surface area contributed by atoms with E-state index in [0.717, 1.165) is 19.6 Å². The Bertz CT molecular complexity index is 683. The average Bonchev–Trinajstić information content (AvgIpc) is 2.52. The van der Waals surface area contributed by atoms with Gasteiger partial charge in [0.25, 0.3) is 0 Å². The van der Waals surface area contributed by atoms with Crippen LogP contribution in [-0.4, -0.2) is 40.6 Å². The lowest BCUT2D eigenvalue weighted by Crippen LogP contribution is -2.33. The quantitative estimate of drug-likeness (QED) is 0.757. The fraction of sp³-hybridized carbons (Fsp3) is 0.467. The maximum atomic E-state index is 12.6. The Morgan fingerprint density at radius 3 is 2.30 bits per heavy atom. The van der Waals surface area contributed by atoms with Gasteiger partial charge < -0.3 is 9.47 Å². The van der Waals surface area contributed by atoms with Gasteiger partial charge in [-0.2, -0.15) is 0 Å². The summed E-state index contributed by atoms with van der Waals surface area (Å²) in [6.45, 7) is 3.66. The fourth-order valence-corrected chi connectivity index (χ4v) is 3.59. The van der Waals surface area contributed by atoms with Crippen molar-refractivity contribution in [3.8, 4) is 0 Å². The minimum absolute atomic E-state index is 0.0312. The molecule has 1 atom stereocenters. The van der Waals surface area contributed by atoms with Gasteiger partial charge in [-0.3, -0.25) is 0 Å². The first kappa shape index (κ1) is 19.1. The Hall–Kier alpha value is -1.93. The lowest BCUT2D eigenvalue weighted by atomic mass is 10.1. The van der Waals surface area contributed by atoms with Crippen molar-refractivity contribution >= 4 is 22.0 Å². The van der Waals surface area contributed by atoms with E-state index >= 15 is 0 Å². The summed E-state index contributed by atoms with van der Waals surface area (Å²) in [6, 6.07) is 3.35. The summed E-state index contributed by atoms with van der Waals surface area (Å²) >= 11 is 0. The molecule has 1 aromatic rings. The second kappa shape index (κ2) is 8.07. The number of carbonyl (C=O) groups is 2. The van der Waals surface area contributed by atoms with Crippen LogP contribution in [0.25, 0.3) is 0 Å². The zero-order chi connectivity index (χ0) is 17.6. The van der Waals surface area contributed by atoms with Crippen LogP contribution in [0.4, 0.5) is 0 Å². The molecule has 0 bridgehead atoms. The summed E-state index contributed by atoms with van der Waals surface area (Å²) in [5.74, 6) is -1.50. The largest absolute Gasteiger partial charge is 0.465 e. The summed E-state index contributed by atoms with van der Waals surface area (Å²) in [6.07, 6.45) is 1.44. The monoisotopic (exact) mass is 343 g/mol. The predicted octanol–water partition coefficient (Wildman–Crippen LogP) is 1.73. The summed E-state index contributed by atoms with van der Waals surface area (Å²) < 4.78 is 36.8. The number of methoxy groups -OCH3 is 2. The molecule has 0 fully saturated rings. The molecule has 0 aliphatic carbocycles. The molecule has 7 nitrogen and oxygen atoms in total. The van der Waals surface area contributed by atoms with Gasteiger partial charge in [-0.05, 0) is 31.5 Å². The van der Waals surface area contributed by atoms with Crippen molar-refractivity contribution in [2.45, 2.75) is 37.6 Å². The molecule has 0 radical (unpaired) electrons. The first-order chi connectivity index (χ1) is 10.8. The molecule has 0 unspecified atom stereocenters. The van der Waals surface area contributed by atoms with Gasteiger partial charge in [0.15, 0.2) is 0 Å². The van der Waals surface area contributed by atoms with Gasteiger partial charge >= 0.3 is 11.9 Å². The molecule has 0 aromatic heterocycles. The number of carbonyl (C=O) groups excluding carboxylic acids is 2. The van der Waals surface area contributed by atoms with Crippen LogP contribution in [0.15, 0.2) is 23.1 Å². The van der Waals surface area contributed by atoms with Gasteiger partial charge in [0.05, 0.1) is 30.2 Å². The predicted molar refractivity (Wildman–Crippen MR) is 83.8 cm³/mol. The van der Waals surface area contributed by atoms with E-state index in [0.29, 0.717) is 6.42 Å². The van der Waals surface area contributed by atoms with E-state index in [9.17, 15) is 18.0 Å². The second-order valence-electron chi connectivity index (χ2n) is 5.01. The number of ether oxygens (including phenoxy) is 2. The van der Waals surface area contributed by atoms with Gasteiger partial charge in [0.1, 0.15) is 0 Å². The zero-order valence-corrected chi connectivity index (χ0v) is 14.4. The van der Waals surface area contributed by atoms with E-state index in [1.807, 2.05) is 6.92 Å². The highest BCUT2D eigenvalue weighted by Gasteiger charge is 2.26. The molecule has 0 spiro atoms. The van der Waals surface area contributed by atoms with Crippen molar-refractivity contribution in [2.24, 2.45) is 0 Å². The third-order valence-corrected chi connectivity index (χ3v) is 4.81. The minimum atomic E-state index is -3.99. The fourth-order valence-electron chi connectivity index (χ4n) is 2.09. The maximum Gasteiger partial charge on any atom is 0.339 e. The van der Waals surface area contributed by atoms with E-state index in [4.69, 9.17) is 0 Å². The molecular formula is C15H21NO6S. The Kier molecular flexibility index (Phi) is 6.71. The number of rotatable bonds is 7. The Balaban J connectivity index is 3.38. The van der Waals surface area contributed by atoms with Crippen LogP contribution in [0.3, 0.4) is 0 Å². The van der Waals surface area contributed by atoms with Gasteiger partial charge in [0.2, 0.25) is 10.0 Å². The van der Waals surface area contributed by atoms with Crippen molar-refractivity contribution in [3.05, 3.63) is 29.3 Å². The van der Waals surface area contributed by atoms with Gasteiger partial charge in [-0.25, -0.2) is 22.7 Å². The van der Waals surface area contributed by atoms with Crippen LogP contribution in [0.1, 0.15) is 47.4 Å². The Morgan fingerprint density at radius 1 is 1.17 bits per heavy atom. The van der Waals surface area contributed by atoms with Crippen molar-refractivity contribution in [1.29, 1.82) is 0 Å². The number of sulfonamides is 1. The number of nitrogens with one attached hydrogen (secondary N) is 1. The van der Waals surface area contributed by atoms with Gasteiger partial charge in [-0.1, -0.05) is 13.3 Å². The molecule has 1 aromatic carbocycles. The molecule has 1 rings (SSSR count). The summed E-state index contributed by atoms with van der Waals surface area (Å²) in [5, 5.41) is 0. The molecule has 0 aliphatic rings. The highest BCUT2D eigenvalue weighted by atomic mass is 32.2. The molecular weight excluding hydrogens is 322 g/mol. The lowest BCUT2D eigenvalue weighted by Gasteiger charge is -2.15. The average molecular weight is 343 g/mol. The second-order valence-corrected chi connectivity index (χ2v) is 6.69. The third kappa shape index (κ3) is 4.77. The number of esters is 2. The first-order valence-corrected chi connectivity index (χ1v) is 8.58. The van der Waals surface area contributed by atoms with Crippen molar-refractivity contribution in [1.82, 2.24) is 4.72 Å². The van der Waals surface area contributed by atoms with E-state index in [1.165, 1.54) is 19.2 Å². The van der Waals surface area contributed by atoms with Crippen LogP contribution >= 0.6 is 0 Å². The summed E-state index contributed by atoms with van der Waals surface area (Å²) in [5.41, 5.74) is -0.111. The number of benzene rings is 1. The van der Waals surface area contributed by atoms with Crippen LogP contribution in [0.5, 0.6) is 0 Å². The van der Waals surface area contributed by atoms with Crippen LogP contribution in [0, 0.1) is 0 Å². The number of hydrogen-bond acceptors (Lipinski definition) is 6. The molecule has 128 valence electrons. The molecule has 8 heteroatoms. The highest BCUT2D eigenvalue weighted by Crippen LogP contribution is 2.20. The molecule has 0 saturated carbocycles. The van der Waals surface area contributed by atoms with E-state index < -0.39 is 22.0 Å². The van der Waals surface area contributed by atoms with Gasteiger partial charge in [0, 0.05) is 6.04 Å². The molecule has 0 heterocycles. The summed E-state index contributed by atoms with van der Waals surface area (Å²) in [4.78, 5) is 23.1. The van der Waals surface area contributed by atoms with E-state index in [-0.39, 0.29) is 22.1 Å². The van der Waals surface area contributed by atoms with Crippen molar-refractivity contribution in [3.63, 3.8) is 0 Å². The lowest BCUT2D eigenvalue weighted by molar-refractivity contribution is 0.0583. The molecule has 0 saturated heterocycles. The normalized spacial score (nSPS) is 12.5. The molecule has 1 N–H and O–H groups in total. The summed E-state index contributed by atoms with van der Waals surface area (Å²) in [7, 11) is -1.65. The van der Waals surface area contributed by atoms with Crippen LogP contribution < -0.4 is 4.72 Å². The van der Waals surface area contributed by atoms with Crippen LogP contribution in [-0.2, 0) is 19.5 Å². The Labute approximate surface area is 136 Å². The van der Waals surface area contributed by atoms with Crippen molar-refractivity contribution < 1.29 is 27.5 Å². The third-order valence-electron chi connectivity index (χ3n) is 3.18. The first-order valence-electron chi connectivity index (χ1n) is 7.09. The minimum Gasteiger partial charge on any atom is -0.465 e. The van der Waals surface area contributed by atoms with Gasteiger partial charge in [-0.15, -0.1) is 0 Å². The zero-order valence-electron chi connectivity index (χ0n) is 13.6. The molecule has 0 amide bonds. The highest BCUT2D eigenvalue weighted by molar-refractivity contribution is 7.89. The standard InChI is InChI=1S/C15H21NO6S/c1-5-6-10(2)16-23(19,20)13-9-11(14(17)21-3)7-8-12(13)15(18)22-4/h7-10,16H,5-6H2,1-4H3/t10-/m1/s1. The topological polar surface area (TPSA) is 98.8 Å². The van der Waals surface area contributed by atoms with Crippen LogP contribution in [0.2, 0.25) is 0 Å². The maximum absolute atomic E-state index is 12.6. The SMILES string of the molecule is CCC[C@@H](C)NS(=O)(=O)c1cc(C(=O)OC)ccc1C(=O)OC. The van der Waals surface area contributed by atoms with E-state index in [2.05, 4.69) is 14.2 Å². The number of hydrogen-bond donors (Lipinski definition) is 1.